The number of carbonyl (C=O) groups is 1. The lowest BCUT2D eigenvalue weighted by Crippen LogP contribution is -2.02. The molecule has 0 amide bonds. The second-order valence-electron chi connectivity index (χ2n) is 5.30. The van der Waals surface area contributed by atoms with Gasteiger partial charge in [0.2, 0.25) is 0 Å². The molecule has 0 aliphatic rings. The molecule has 3 heteroatoms. The molecule has 3 nitrogen and oxygen atoms in total. The van der Waals surface area contributed by atoms with Crippen LogP contribution >= 0.6 is 0 Å². The van der Waals surface area contributed by atoms with Crippen molar-refractivity contribution in [3.05, 3.63) is 42.1 Å². The van der Waals surface area contributed by atoms with Crippen molar-refractivity contribution in [2.45, 2.75) is 27.3 Å². The summed E-state index contributed by atoms with van der Waals surface area (Å²) in [5.74, 6) is -0.307. The van der Waals surface area contributed by atoms with E-state index in [2.05, 4.69) is 36.7 Å². The van der Waals surface area contributed by atoms with Gasteiger partial charge in [-0.3, -0.25) is 0 Å². The maximum absolute atomic E-state index is 10.7. The highest BCUT2D eigenvalue weighted by atomic mass is 16.4. The second-order valence-corrected chi connectivity index (χ2v) is 5.30. The van der Waals surface area contributed by atoms with Crippen LogP contribution in [0.4, 0.5) is 0 Å². The molecular weight excluding hydrogens is 238 g/mol. The molecule has 0 saturated heterocycles. The van der Waals surface area contributed by atoms with Crippen LogP contribution in [0, 0.1) is 5.92 Å². The number of benzene rings is 1. The van der Waals surface area contributed by atoms with Crippen LogP contribution in [0.3, 0.4) is 0 Å². The standard InChI is InChI=1S/C16H19NO2/c1-11(2)10-17-7-6-14-9-13(4-5-15(14)17)12(3)8-16(18)19/h4-9,11H,10H2,1-3H3,(H,18,19). The van der Waals surface area contributed by atoms with Crippen LogP contribution in [0.25, 0.3) is 16.5 Å². The first-order chi connectivity index (χ1) is 8.97. The predicted molar refractivity (Wildman–Crippen MR) is 78.1 cm³/mol. The van der Waals surface area contributed by atoms with Crippen LogP contribution in [0.15, 0.2) is 36.5 Å². The zero-order valence-corrected chi connectivity index (χ0v) is 11.6. The van der Waals surface area contributed by atoms with Crippen molar-refractivity contribution < 1.29 is 9.90 Å². The molecule has 1 aromatic carbocycles. The predicted octanol–water partition coefficient (Wildman–Crippen LogP) is 3.79. The lowest BCUT2D eigenvalue weighted by molar-refractivity contribution is -0.131. The number of allylic oxidation sites excluding steroid dienone is 1. The molecule has 0 bridgehead atoms. The summed E-state index contributed by atoms with van der Waals surface area (Å²) in [7, 11) is 0. The molecule has 0 radical (unpaired) electrons. The molecule has 0 fully saturated rings. The van der Waals surface area contributed by atoms with E-state index in [9.17, 15) is 4.79 Å². The number of aromatic nitrogens is 1. The Morgan fingerprint density at radius 3 is 2.74 bits per heavy atom. The Morgan fingerprint density at radius 1 is 1.37 bits per heavy atom. The number of carboxylic acid groups (broad SMARTS) is 1. The minimum Gasteiger partial charge on any atom is -0.478 e. The van der Waals surface area contributed by atoms with E-state index >= 15 is 0 Å². The maximum atomic E-state index is 10.7. The minimum atomic E-state index is -0.907. The third-order valence-corrected chi connectivity index (χ3v) is 3.13. The van der Waals surface area contributed by atoms with E-state index in [0.29, 0.717) is 5.92 Å². The van der Waals surface area contributed by atoms with Gasteiger partial charge in [-0.2, -0.15) is 0 Å². The molecule has 2 rings (SSSR count). The highest BCUT2D eigenvalue weighted by Crippen LogP contribution is 2.22. The van der Waals surface area contributed by atoms with E-state index in [-0.39, 0.29) is 0 Å². The van der Waals surface area contributed by atoms with Gasteiger partial charge >= 0.3 is 5.97 Å². The molecule has 0 aliphatic heterocycles. The Balaban J connectivity index is 2.40. The molecule has 0 saturated carbocycles. The first kappa shape index (κ1) is 13.4. The number of hydrogen-bond donors (Lipinski definition) is 1. The molecule has 0 aliphatic carbocycles. The van der Waals surface area contributed by atoms with Gasteiger partial charge < -0.3 is 9.67 Å². The number of hydrogen-bond acceptors (Lipinski definition) is 1. The van der Waals surface area contributed by atoms with Crippen LogP contribution in [0.1, 0.15) is 26.3 Å². The van der Waals surface area contributed by atoms with Crippen molar-refractivity contribution in [3.8, 4) is 0 Å². The average molecular weight is 257 g/mol. The van der Waals surface area contributed by atoms with Gasteiger partial charge in [0.15, 0.2) is 0 Å². The van der Waals surface area contributed by atoms with Crippen LogP contribution in [-0.4, -0.2) is 15.6 Å². The fraction of sp³-hybridized carbons (Fsp3) is 0.312. The van der Waals surface area contributed by atoms with Gasteiger partial charge in [0.25, 0.3) is 0 Å². The fourth-order valence-corrected chi connectivity index (χ4v) is 2.27. The van der Waals surface area contributed by atoms with E-state index in [1.54, 1.807) is 0 Å². The quantitative estimate of drug-likeness (QED) is 0.847. The SMILES string of the molecule is CC(=CC(=O)O)c1ccc2c(ccn2CC(C)C)c1. The zero-order valence-electron chi connectivity index (χ0n) is 11.6. The number of aliphatic carboxylic acids is 1. The molecule has 2 aromatic rings. The van der Waals surface area contributed by atoms with E-state index in [4.69, 9.17) is 5.11 Å². The minimum absolute atomic E-state index is 0.601. The van der Waals surface area contributed by atoms with Gasteiger partial charge in [-0.05, 0) is 42.2 Å². The second kappa shape index (κ2) is 5.31. The summed E-state index contributed by atoms with van der Waals surface area (Å²) in [6.45, 7) is 7.20. The highest BCUT2D eigenvalue weighted by molar-refractivity contribution is 5.91. The molecule has 100 valence electrons. The van der Waals surface area contributed by atoms with Crippen molar-refractivity contribution in [2.75, 3.05) is 0 Å². The summed E-state index contributed by atoms with van der Waals surface area (Å²) in [6, 6.07) is 8.16. The fourth-order valence-electron chi connectivity index (χ4n) is 2.27. The zero-order chi connectivity index (χ0) is 14.0. The molecular formula is C16H19NO2. The molecule has 19 heavy (non-hydrogen) atoms. The van der Waals surface area contributed by atoms with Crippen molar-refractivity contribution in [3.63, 3.8) is 0 Å². The third kappa shape index (κ3) is 3.05. The Hall–Kier alpha value is -2.03. The van der Waals surface area contributed by atoms with Crippen molar-refractivity contribution >= 4 is 22.4 Å². The van der Waals surface area contributed by atoms with E-state index in [0.717, 1.165) is 23.1 Å². The van der Waals surface area contributed by atoms with Crippen LogP contribution in [0.5, 0.6) is 0 Å². The number of fused-ring (bicyclic) bond motifs is 1. The largest absolute Gasteiger partial charge is 0.478 e. The van der Waals surface area contributed by atoms with Crippen molar-refractivity contribution in [1.29, 1.82) is 0 Å². The average Bonchev–Trinajstić information content (AvgIpc) is 2.70. The van der Waals surface area contributed by atoms with Gasteiger partial charge in [0.1, 0.15) is 0 Å². The van der Waals surface area contributed by atoms with Gasteiger partial charge in [0, 0.05) is 29.7 Å². The van der Waals surface area contributed by atoms with E-state index < -0.39 is 5.97 Å². The molecule has 0 atom stereocenters. The number of nitrogens with zero attached hydrogens (tertiary/aromatic N) is 1. The lowest BCUT2D eigenvalue weighted by Gasteiger charge is -2.09. The summed E-state index contributed by atoms with van der Waals surface area (Å²) in [5.41, 5.74) is 2.92. The molecule has 1 heterocycles. The van der Waals surface area contributed by atoms with Crippen LogP contribution in [-0.2, 0) is 11.3 Å². The monoisotopic (exact) mass is 257 g/mol. The number of rotatable bonds is 4. The Morgan fingerprint density at radius 2 is 2.11 bits per heavy atom. The topological polar surface area (TPSA) is 42.2 Å². The smallest absolute Gasteiger partial charge is 0.328 e. The first-order valence-electron chi connectivity index (χ1n) is 6.48. The van der Waals surface area contributed by atoms with Gasteiger partial charge in [-0.1, -0.05) is 19.9 Å². The summed E-state index contributed by atoms with van der Waals surface area (Å²) in [5, 5.41) is 9.93. The Labute approximate surface area is 113 Å². The van der Waals surface area contributed by atoms with Crippen LogP contribution < -0.4 is 0 Å². The van der Waals surface area contributed by atoms with Crippen molar-refractivity contribution in [1.82, 2.24) is 4.57 Å². The summed E-state index contributed by atoms with van der Waals surface area (Å²) >= 11 is 0. The number of carboxylic acids is 1. The summed E-state index contributed by atoms with van der Waals surface area (Å²) in [6.07, 6.45) is 3.33. The van der Waals surface area contributed by atoms with Gasteiger partial charge in [0.05, 0.1) is 0 Å². The van der Waals surface area contributed by atoms with Crippen LogP contribution in [0.2, 0.25) is 0 Å². The van der Waals surface area contributed by atoms with Gasteiger partial charge in [-0.25, -0.2) is 4.79 Å². The summed E-state index contributed by atoms with van der Waals surface area (Å²) in [4.78, 5) is 10.7. The van der Waals surface area contributed by atoms with Gasteiger partial charge in [-0.15, -0.1) is 0 Å². The Bertz CT molecular complexity index is 635. The molecule has 1 N–H and O–H groups in total. The summed E-state index contributed by atoms with van der Waals surface area (Å²) < 4.78 is 2.24. The normalized spacial score (nSPS) is 12.3. The first-order valence-corrected chi connectivity index (χ1v) is 6.48. The maximum Gasteiger partial charge on any atom is 0.328 e. The Kier molecular flexibility index (Phi) is 3.74. The van der Waals surface area contributed by atoms with E-state index in [1.807, 2.05) is 19.1 Å². The molecule has 0 spiro atoms. The highest BCUT2D eigenvalue weighted by Gasteiger charge is 2.05. The van der Waals surface area contributed by atoms with Crippen molar-refractivity contribution in [2.24, 2.45) is 5.92 Å². The molecule has 0 unspecified atom stereocenters. The van der Waals surface area contributed by atoms with E-state index in [1.165, 1.54) is 11.6 Å². The molecule has 1 aromatic heterocycles. The lowest BCUT2D eigenvalue weighted by atomic mass is 10.1. The third-order valence-electron chi connectivity index (χ3n) is 3.13.